The molecular formula is C21H30N4O4. The molecular weight excluding hydrogens is 372 g/mol. The zero-order valence-corrected chi connectivity index (χ0v) is 16.9. The number of hydrogen-bond donors (Lipinski definition) is 3. The summed E-state index contributed by atoms with van der Waals surface area (Å²) < 4.78 is 10.4. The van der Waals surface area contributed by atoms with Crippen LogP contribution in [0.2, 0.25) is 0 Å². The summed E-state index contributed by atoms with van der Waals surface area (Å²) in [5.74, 6) is 0.0970. The first kappa shape index (κ1) is 22.4. The molecule has 1 aromatic heterocycles. The average Bonchev–Trinajstić information content (AvgIpc) is 3.24. The van der Waals surface area contributed by atoms with Crippen molar-refractivity contribution in [3.8, 4) is 0 Å². The quantitative estimate of drug-likeness (QED) is 0.469. The lowest BCUT2D eigenvalue weighted by Gasteiger charge is -2.07. The number of benzene rings is 1. The molecule has 8 heteroatoms. The standard InChI is InChI=1S/C21H30N4O4/c1-2-3-11-17(22)20-25-18(15-28-20)19(26)23-12-7-8-13-24-21(27)29-14-16-9-5-4-6-10-16/h4-6,9-10,15,17H,2-3,7-8,11-14,22H2,1H3,(H,23,26)(H,24,27). The van der Waals surface area contributed by atoms with Crippen molar-refractivity contribution in [1.82, 2.24) is 15.6 Å². The van der Waals surface area contributed by atoms with Crippen LogP contribution in [0.25, 0.3) is 0 Å². The molecule has 2 rings (SSSR count). The van der Waals surface area contributed by atoms with Gasteiger partial charge in [0.15, 0.2) is 5.69 Å². The molecule has 1 unspecified atom stereocenters. The minimum Gasteiger partial charge on any atom is -0.446 e. The lowest BCUT2D eigenvalue weighted by Crippen LogP contribution is -2.28. The van der Waals surface area contributed by atoms with Crippen molar-refractivity contribution >= 4 is 12.0 Å². The van der Waals surface area contributed by atoms with Crippen LogP contribution in [-0.4, -0.2) is 30.1 Å². The Hall–Kier alpha value is -2.87. The smallest absolute Gasteiger partial charge is 0.407 e. The molecule has 0 saturated heterocycles. The normalized spacial score (nSPS) is 11.7. The Bertz CT molecular complexity index is 748. The highest BCUT2D eigenvalue weighted by Gasteiger charge is 2.16. The number of nitrogens with one attached hydrogen (secondary N) is 2. The summed E-state index contributed by atoms with van der Waals surface area (Å²) in [6, 6.07) is 9.20. The van der Waals surface area contributed by atoms with Crippen LogP contribution in [-0.2, 0) is 11.3 Å². The van der Waals surface area contributed by atoms with Gasteiger partial charge in [0.2, 0.25) is 5.89 Å². The van der Waals surface area contributed by atoms with Crippen LogP contribution in [0.4, 0.5) is 4.79 Å². The molecule has 158 valence electrons. The molecule has 0 fully saturated rings. The first-order valence-corrected chi connectivity index (χ1v) is 10.0. The van der Waals surface area contributed by atoms with E-state index in [2.05, 4.69) is 22.5 Å². The summed E-state index contributed by atoms with van der Waals surface area (Å²) in [6.07, 6.45) is 5.12. The van der Waals surface area contributed by atoms with Crippen molar-refractivity contribution in [3.05, 3.63) is 53.7 Å². The van der Waals surface area contributed by atoms with Crippen molar-refractivity contribution in [2.45, 2.75) is 51.7 Å². The Morgan fingerprint density at radius 3 is 2.59 bits per heavy atom. The first-order chi connectivity index (χ1) is 14.1. The largest absolute Gasteiger partial charge is 0.446 e. The fraction of sp³-hybridized carbons (Fsp3) is 0.476. The monoisotopic (exact) mass is 402 g/mol. The maximum Gasteiger partial charge on any atom is 0.407 e. The van der Waals surface area contributed by atoms with Crippen molar-refractivity contribution in [2.24, 2.45) is 5.73 Å². The Morgan fingerprint density at radius 2 is 1.86 bits per heavy atom. The number of ether oxygens (including phenoxy) is 1. The van der Waals surface area contributed by atoms with Crippen LogP contribution in [0.15, 0.2) is 41.0 Å². The van der Waals surface area contributed by atoms with Crippen molar-refractivity contribution < 1.29 is 18.7 Å². The molecule has 1 atom stereocenters. The molecule has 0 spiro atoms. The van der Waals surface area contributed by atoms with Crippen LogP contribution in [0.1, 0.15) is 67.0 Å². The van der Waals surface area contributed by atoms with Crippen LogP contribution < -0.4 is 16.4 Å². The molecule has 0 aliphatic carbocycles. The summed E-state index contributed by atoms with van der Waals surface area (Å²) in [6.45, 7) is 3.28. The van der Waals surface area contributed by atoms with Gasteiger partial charge in [-0.15, -0.1) is 0 Å². The molecule has 8 nitrogen and oxygen atoms in total. The van der Waals surface area contributed by atoms with Gasteiger partial charge in [0, 0.05) is 13.1 Å². The maximum absolute atomic E-state index is 12.1. The average molecular weight is 402 g/mol. The van der Waals surface area contributed by atoms with Gasteiger partial charge in [-0.05, 0) is 24.8 Å². The first-order valence-electron chi connectivity index (χ1n) is 10.0. The molecule has 2 amide bonds. The Balaban J connectivity index is 1.55. The molecule has 0 saturated carbocycles. The van der Waals surface area contributed by atoms with E-state index in [-0.39, 0.29) is 24.2 Å². The second-order valence-electron chi connectivity index (χ2n) is 6.77. The molecule has 0 radical (unpaired) electrons. The molecule has 0 aliphatic rings. The predicted octanol–water partition coefficient (Wildman–Crippen LogP) is 3.30. The van der Waals surface area contributed by atoms with Gasteiger partial charge >= 0.3 is 6.09 Å². The fourth-order valence-electron chi connectivity index (χ4n) is 2.62. The highest BCUT2D eigenvalue weighted by molar-refractivity contribution is 5.91. The third-order valence-electron chi connectivity index (χ3n) is 4.31. The predicted molar refractivity (Wildman–Crippen MR) is 109 cm³/mol. The van der Waals surface area contributed by atoms with Crippen molar-refractivity contribution in [2.75, 3.05) is 13.1 Å². The summed E-state index contributed by atoms with van der Waals surface area (Å²) in [5, 5.41) is 5.47. The van der Waals surface area contributed by atoms with E-state index in [4.69, 9.17) is 14.9 Å². The molecule has 0 aliphatic heterocycles. The van der Waals surface area contributed by atoms with E-state index in [0.29, 0.717) is 31.8 Å². The van der Waals surface area contributed by atoms with Crippen LogP contribution in [0, 0.1) is 0 Å². The molecule has 0 bridgehead atoms. The Labute approximate surface area is 171 Å². The molecule has 4 N–H and O–H groups in total. The molecule has 2 aromatic rings. The van der Waals surface area contributed by atoms with Gasteiger partial charge in [-0.25, -0.2) is 9.78 Å². The molecule has 1 aromatic carbocycles. The van der Waals surface area contributed by atoms with E-state index in [0.717, 1.165) is 24.8 Å². The minimum atomic E-state index is -0.451. The van der Waals surface area contributed by atoms with Gasteiger partial charge in [0.25, 0.3) is 5.91 Å². The number of carbonyl (C=O) groups is 2. The number of hydrogen-bond acceptors (Lipinski definition) is 6. The second-order valence-corrected chi connectivity index (χ2v) is 6.77. The van der Waals surface area contributed by atoms with Gasteiger partial charge in [0.05, 0.1) is 6.04 Å². The highest BCUT2D eigenvalue weighted by Crippen LogP contribution is 2.16. The number of alkyl carbamates (subject to hydrolysis) is 1. The van der Waals surface area contributed by atoms with E-state index in [1.165, 1.54) is 6.26 Å². The topological polar surface area (TPSA) is 119 Å². The summed E-state index contributed by atoms with van der Waals surface area (Å²) >= 11 is 0. The summed E-state index contributed by atoms with van der Waals surface area (Å²) in [7, 11) is 0. The van der Waals surface area contributed by atoms with E-state index < -0.39 is 6.09 Å². The van der Waals surface area contributed by atoms with Crippen molar-refractivity contribution in [3.63, 3.8) is 0 Å². The summed E-state index contributed by atoms with van der Waals surface area (Å²) in [5.41, 5.74) is 7.16. The zero-order chi connectivity index (χ0) is 20.9. The molecule has 29 heavy (non-hydrogen) atoms. The van der Waals surface area contributed by atoms with Gasteiger partial charge < -0.3 is 25.5 Å². The van der Waals surface area contributed by atoms with Crippen LogP contribution in [0.3, 0.4) is 0 Å². The van der Waals surface area contributed by atoms with Crippen LogP contribution >= 0.6 is 0 Å². The number of aromatic nitrogens is 1. The van der Waals surface area contributed by atoms with Gasteiger partial charge in [-0.2, -0.15) is 0 Å². The van der Waals surface area contributed by atoms with Gasteiger partial charge in [-0.3, -0.25) is 4.79 Å². The van der Waals surface area contributed by atoms with E-state index in [1.54, 1.807) is 0 Å². The number of nitrogens with zero attached hydrogens (tertiary/aromatic N) is 1. The highest BCUT2D eigenvalue weighted by atomic mass is 16.5. The lowest BCUT2D eigenvalue weighted by molar-refractivity contribution is 0.0947. The number of nitrogens with two attached hydrogens (primary N) is 1. The number of rotatable bonds is 12. The van der Waals surface area contributed by atoms with E-state index in [9.17, 15) is 9.59 Å². The third kappa shape index (κ3) is 8.35. The fourth-order valence-corrected chi connectivity index (χ4v) is 2.62. The van der Waals surface area contributed by atoms with Crippen molar-refractivity contribution in [1.29, 1.82) is 0 Å². The maximum atomic E-state index is 12.1. The Morgan fingerprint density at radius 1 is 1.14 bits per heavy atom. The number of carbonyl (C=O) groups excluding carboxylic acids is 2. The van der Waals surface area contributed by atoms with Gasteiger partial charge in [-0.1, -0.05) is 50.1 Å². The number of oxazole rings is 1. The van der Waals surface area contributed by atoms with Gasteiger partial charge in [0.1, 0.15) is 12.9 Å². The lowest BCUT2D eigenvalue weighted by atomic mass is 10.1. The zero-order valence-electron chi connectivity index (χ0n) is 16.9. The number of amides is 2. The summed E-state index contributed by atoms with van der Waals surface area (Å²) in [4.78, 5) is 27.9. The van der Waals surface area contributed by atoms with E-state index in [1.807, 2.05) is 30.3 Å². The minimum absolute atomic E-state index is 0.231. The SMILES string of the molecule is CCCCC(N)c1nc(C(=O)NCCCCNC(=O)OCc2ccccc2)co1. The van der Waals surface area contributed by atoms with Crippen LogP contribution in [0.5, 0.6) is 0 Å². The van der Waals surface area contributed by atoms with E-state index >= 15 is 0 Å². The number of unbranched alkanes of at least 4 members (excludes halogenated alkanes) is 2. The Kier molecular flexibility index (Phi) is 9.71. The molecule has 1 heterocycles. The third-order valence-corrected chi connectivity index (χ3v) is 4.31. The second kappa shape index (κ2) is 12.6.